The molecule has 0 aliphatic heterocycles. The van der Waals surface area contributed by atoms with Gasteiger partial charge in [-0.25, -0.2) is 9.97 Å². The lowest BCUT2D eigenvalue weighted by atomic mass is 10.2. The zero-order valence-electron chi connectivity index (χ0n) is 14.4. The molecule has 4 aromatic rings. The molecule has 0 aliphatic carbocycles. The smallest absolute Gasteiger partial charge is 0.244 e. The highest BCUT2D eigenvalue weighted by molar-refractivity contribution is 5.88. The van der Waals surface area contributed by atoms with Gasteiger partial charge in [-0.15, -0.1) is 0 Å². The van der Waals surface area contributed by atoms with Crippen molar-refractivity contribution in [2.45, 2.75) is 19.4 Å². The highest BCUT2D eigenvalue weighted by Gasteiger charge is 2.10. The number of carbonyl (C=O) groups is 1. The van der Waals surface area contributed by atoms with E-state index in [1.165, 1.54) is 0 Å². The first kappa shape index (κ1) is 16.1. The van der Waals surface area contributed by atoms with Crippen LogP contribution in [0.3, 0.4) is 0 Å². The molecule has 4 rings (SSSR count). The van der Waals surface area contributed by atoms with Gasteiger partial charge in [0.2, 0.25) is 5.91 Å². The molecule has 3 aromatic heterocycles. The zero-order valence-corrected chi connectivity index (χ0v) is 14.4. The van der Waals surface area contributed by atoms with Gasteiger partial charge in [0, 0.05) is 17.4 Å². The fourth-order valence-electron chi connectivity index (χ4n) is 2.95. The van der Waals surface area contributed by atoms with Gasteiger partial charge in [0.25, 0.3) is 0 Å². The van der Waals surface area contributed by atoms with E-state index in [-0.39, 0.29) is 11.9 Å². The Kier molecular flexibility index (Phi) is 4.23. The second-order valence-electron chi connectivity index (χ2n) is 6.27. The number of nitrogens with one attached hydrogen (secondary N) is 3. The molecule has 0 aliphatic rings. The Bertz CT molecular complexity index is 1060. The molecule has 26 heavy (non-hydrogen) atoms. The van der Waals surface area contributed by atoms with Crippen LogP contribution >= 0.6 is 0 Å². The van der Waals surface area contributed by atoms with Gasteiger partial charge in [-0.1, -0.05) is 24.3 Å². The molecule has 3 heterocycles. The van der Waals surface area contributed by atoms with Crippen LogP contribution in [0.15, 0.2) is 61.1 Å². The van der Waals surface area contributed by atoms with Gasteiger partial charge in [0.1, 0.15) is 0 Å². The number of H-pyrrole nitrogens is 2. The summed E-state index contributed by atoms with van der Waals surface area (Å²) in [5.41, 5.74) is 4.67. The molecule has 1 unspecified atom stereocenters. The first-order chi connectivity index (χ1) is 12.7. The fraction of sp³-hybridized carbons (Fsp3) is 0.150. The van der Waals surface area contributed by atoms with Gasteiger partial charge < -0.3 is 15.3 Å². The van der Waals surface area contributed by atoms with Crippen molar-refractivity contribution in [3.05, 3.63) is 72.3 Å². The van der Waals surface area contributed by atoms with Gasteiger partial charge in [-0.2, -0.15) is 0 Å². The minimum atomic E-state index is -0.119. The van der Waals surface area contributed by atoms with Gasteiger partial charge >= 0.3 is 0 Å². The molecule has 1 atom stereocenters. The van der Waals surface area contributed by atoms with Gasteiger partial charge in [-0.3, -0.25) is 4.79 Å². The second kappa shape index (κ2) is 6.84. The Morgan fingerprint density at radius 3 is 3.00 bits per heavy atom. The summed E-state index contributed by atoms with van der Waals surface area (Å²) < 4.78 is 0. The molecular weight excluding hydrogens is 326 g/mol. The van der Waals surface area contributed by atoms with E-state index in [1.807, 2.05) is 43.3 Å². The number of hydrogen-bond acceptors (Lipinski definition) is 3. The van der Waals surface area contributed by atoms with E-state index < -0.39 is 0 Å². The standard InChI is InChI=1S/C20H19N5O/c1-13(17-10-15-6-2-3-7-16(15)25-17)24-19(26)8-4-5-14-9-18-20(21-11-14)23-12-22-18/h2-4,6-13,25H,5H2,1H3,(H,24,26)(H,21,22,23). The minimum absolute atomic E-state index is 0.0949. The summed E-state index contributed by atoms with van der Waals surface area (Å²) in [6.07, 6.45) is 7.44. The molecule has 6 heteroatoms. The maximum Gasteiger partial charge on any atom is 0.244 e. The van der Waals surface area contributed by atoms with Crippen molar-refractivity contribution >= 4 is 28.0 Å². The van der Waals surface area contributed by atoms with Gasteiger partial charge in [0.05, 0.1) is 17.9 Å². The molecule has 1 aromatic carbocycles. The molecule has 0 fully saturated rings. The number of pyridine rings is 1. The first-order valence-electron chi connectivity index (χ1n) is 8.52. The largest absolute Gasteiger partial charge is 0.357 e. The van der Waals surface area contributed by atoms with E-state index in [4.69, 9.17) is 0 Å². The van der Waals surface area contributed by atoms with E-state index >= 15 is 0 Å². The number of allylic oxidation sites excluding steroid dienone is 1. The molecule has 0 radical (unpaired) electrons. The Labute approximate surface area is 150 Å². The van der Waals surface area contributed by atoms with E-state index in [9.17, 15) is 4.79 Å². The highest BCUT2D eigenvalue weighted by Crippen LogP contribution is 2.19. The van der Waals surface area contributed by atoms with Gasteiger partial charge in [-0.05, 0) is 48.6 Å². The zero-order chi connectivity index (χ0) is 17.9. The van der Waals surface area contributed by atoms with Crippen molar-refractivity contribution < 1.29 is 4.79 Å². The summed E-state index contributed by atoms with van der Waals surface area (Å²) in [6, 6.07) is 12.0. The predicted molar refractivity (Wildman–Crippen MR) is 102 cm³/mol. The Balaban J connectivity index is 1.37. The maximum absolute atomic E-state index is 12.2. The molecule has 6 nitrogen and oxygen atoms in total. The number of carbonyl (C=O) groups excluding carboxylic acids is 1. The van der Waals surface area contributed by atoms with Crippen molar-refractivity contribution in [2.75, 3.05) is 0 Å². The summed E-state index contributed by atoms with van der Waals surface area (Å²) in [6.45, 7) is 1.96. The van der Waals surface area contributed by atoms with Crippen molar-refractivity contribution in [3.8, 4) is 0 Å². The Morgan fingerprint density at radius 2 is 2.12 bits per heavy atom. The first-order valence-corrected chi connectivity index (χ1v) is 8.52. The number of aromatic nitrogens is 4. The van der Waals surface area contributed by atoms with Crippen LogP contribution in [0.2, 0.25) is 0 Å². The Morgan fingerprint density at radius 1 is 1.23 bits per heavy atom. The molecule has 3 N–H and O–H groups in total. The van der Waals surface area contributed by atoms with E-state index in [0.29, 0.717) is 12.1 Å². The number of rotatable bonds is 5. The molecular formula is C20H19N5O. The van der Waals surface area contributed by atoms with Crippen molar-refractivity contribution in [1.29, 1.82) is 0 Å². The normalized spacial score (nSPS) is 12.8. The van der Waals surface area contributed by atoms with Crippen LogP contribution in [0.5, 0.6) is 0 Å². The third-order valence-corrected chi connectivity index (χ3v) is 4.33. The van der Waals surface area contributed by atoms with Crippen LogP contribution in [0.1, 0.15) is 24.2 Å². The summed E-state index contributed by atoms with van der Waals surface area (Å²) in [5, 5.41) is 4.12. The second-order valence-corrected chi connectivity index (χ2v) is 6.27. The number of hydrogen-bond donors (Lipinski definition) is 3. The fourth-order valence-corrected chi connectivity index (χ4v) is 2.95. The highest BCUT2D eigenvalue weighted by atomic mass is 16.1. The lowest BCUT2D eigenvalue weighted by Gasteiger charge is -2.10. The topological polar surface area (TPSA) is 86.5 Å². The van der Waals surface area contributed by atoms with Crippen LogP contribution in [0, 0.1) is 0 Å². The number of benzene rings is 1. The average Bonchev–Trinajstić information content (AvgIpc) is 3.27. The summed E-state index contributed by atoms with van der Waals surface area (Å²) in [5.74, 6) is -0.119. The third-order valence-electron chi connectivity index (χ3n) is 4.33. The number of amides is 1. The van der Waals surface area contributed by atoms with Crippen molar-refractivity contribution in [2.24, 2.45) is 0 Å². The number of aromatic amines is 2. The number of fused-ring (bicyclic) bond motifs is 2. The molecule has 0 bridgehead atoms. The number of nitrogens with zero attached hydrogens (tertiary/aromatic N) is 2. The number of imidazole rings is 1. The summed E-state index contributed by atoms with van der Waals surface area (Å²) >= 11 is 0. The van der Waals surface area contributed by atoms with Crippen LogP contribution in [0.25, 0.3) is 22.1 Å². The molecule has 130 valence electrons. The van der Waals surface area contributed by atoms with E-state index in [0.717, 1.165) is 27.7 Å². The minimum Gasteiger partial charge on any atom is -0.357 e. The summed E-state index contributed by atoms with van der Waals surface area (Å²) in [7, 11) is 0. The maximum atomic E-state index is 12.2. The lowest BCUT2D eigenvalue weighted by molar-refractivity contribution is -0.117. The molecule has 0 saturated carbocycles. The van der Waals surface area contributed by atoms with Crippen molar-refractivity contribution in [1.82, 2.24) is 25.3 Å². The predicted octanol–water partition coefficient (Wildman–Crippen LogP) is 3.42. The number of para-hydroxylation sites is 1. The SMILES string of the molecule is CC(NC(=O)C=CCc1cnc2nc[nH]c2c1)c1cc2ccccc2[nH]1. The Hall–Kier alpha value is -3.41. The van der Waals surface area contributed by atoms with Gasteiger partial charge in [0.15, 0.2) is 5.65 Å². The van der Waals surface area contributed by atoms with Crippen molar-refractivity contribution in [3.63, 3.8) is 0 Å². The van der Waals surface area contributed by atoms with Crippen LogP contribution in [0.4, 0.5) is 0 Å². The summed E-state index contributed by atoms with van der Waals surface area (Å²) in [4.78, 5) is 26.9. The molecule has 0 saturated heterocycles. The molecule has 0 spiro atoms. The third kappa shape index (κ3) is 3.35. The van der Waals surface area contributed by atoms with Crippen LogP contribution in [-0.4, -0.2) is 25.8 Å². The van der Waals surface area contributed by atoms with E-state index in [2.05, 4.69) is 31.3 Å². The average molecular weight is 345 g/mol. The quantitative estimate of drug-likeness (QED) is 0.484. The van der Waals surface area contributed by atoms with Crippen LogP contribution in [-0.2, 0) is 11.2 Å². The van der Waals surface area contributed by atoms with Crippen LogP contribution < -0.4 is 5.32 Å². The molecule has 1 amide bonds. The van der Waals surface area contributed by atoms with E-state index in [1.54, 1.807) is 18.6 Å². The monoisotopic (exact) mass is 345 g/mol. The lowest BCUT2D eigenvalue weighted by Crippen LogP contribution is -2.24.